The Balaban J connectivity index is 1.65. The lowest BCUT2D eigenvalue weighted by molar-refractivity contribution is 0.497. The fraction of sp³-hybridized carbons (Fsp3) is 0.353. The normalized spacial score (nSPS) is 18.3. The first-order valence-corrected chi connectivity index (χ1v) is 8.01. The highest BCUT2D eigenvalue weighted by Crippen LogP contribution is 2.29. The van der Waals surface area contributed by atoms with Crippen molar-refractivity contribution in [3.63, 3.8) is 0 Å². The summed E-state index contributed by atoms with van der Waals surface area (Å²) in [6, 6.07) is 6.11. The molecule has 1 unspecified atom stereocenters. The number of fused-ring (bicyclic) bond motifs is 1. The summed E-state index contributed by atoms with van der Waals surface area (Å²) >= 11 is 0. The van der Waals surface area contributed by atoms with Crippen LogP contribution in [0.25, 0.3) is 5.52 Å². The van der Waals surface area contributed by atoms with Crippen LogP contribution in [0.2, 0.25) is 0 Å². The highest BCUT2D eigenvalue weighted by molar-refractivity contribution is 5.68. The van der Waals surface area contributed by atoms with Gasteiger partial charge in [0.05, 0.1) is 11.2 Å². The monoisotopic (exact) mass is 308 g/mol. The molecule has 23 heavy (non-hydrogen) atoms. The Morgan fingerprint density at radius 3 is 3.09 bits per heavy atom. The summed E-state index contributed by atoms with van der Waals surface area (Å²) in [5.41, 5.74) is 2.25. The standard InChI is InChI=1S/C17H20N6/c1-18-17-15-5-3-8-22(15)11-14(21-17)13-4-2-9-23(10-13)16-6-7-19-12-20-16/h3,5-8,11-13H,2,4,9-10H2,1H3,(H,18,21). The second-order valence-electron chi connectivity index (χ2n) is 5.92. The lowest BCUT2D eigenvalue weighted by Crippen LogP contribution is -2.35. The number of rotatable bonds is 3. The van der Waals surface area contributed by atoms with Crippen LogP contribution in [0, 0.1) is 0 Å². The first-order valence-electron chi connectivity index (χ1n) is 8.01. The zero-order valence-corrected chi connectivity index (χ0v) is 13.2. The second kappa shape index (κ2) is 5.87. The summed E-state index contributed by atoms with van der Waals surface area (Å²) in [5, 5.41) is 3.21. The van der Waals surface area contributed by atoms with Gasteiger partial charge in [-0.3, -0.25) is 0 Å². The Kier molecular flexibility index (Phi) is 3.57. The molecular formula is C17H20N6. The van der Waals surface area contributed by atoms with Crippen molar-refractivity contribution in [3.8, 4) is 0 Å². The molecule has 0 spiro atoms. The van der Waals surface area contributed by atoms with Crippen LogP contribution in [0.15, 0.2) is 43.1 Å². The molecule has 0 aromatic carbocycles. The van der Waals surface area contributed by atoms with E-state index in [0.717, 1.165) is 48.8 Å². The Labute approximate surface area is 135 Å². The number of anilines is 2. The van der Waals surface area contributed by atoms with Gasteiger partial charge in [0.15, 0.2) is 0 Å². The molecule has 6 nitrogen and oxygen atoms in total. The Morgan fingerprint density at radius 2 is 2.26 bits per heavy atom. The SMILES string of the molecule is CNc1nc(C2CCCN(c3ccncn3)C2)cn2cccc12. The minimum Gasteiger partial charge on any atom is -0.371 e. The fourth-order valence-electron chi connectivity index (χ4n) is 3.34. The molecule has 1 N–H and O–H groups in total. The summed E-state index contributed by atoms with van der Waals surface area (Å²) in [6.07, 6.45) is 9.95. The van der Waals surface area contributed by atoms with E-state index in [1.54, 1.807) is 12.5 Å². The van der Waals surface area contributed by atoms with Crippen LogP contribution >= 0.6 is 0 Å². The average molecular weight is 308 g/mol. The molecule has 1 saturated heterocycles. The maximum Gasteiger partial charge on any atom is 0.150 e. The van der Waals surface area contributed by atoms with Crippen molar-refractivity contribution in [2.45, 2.75) is 18.8 Å². The van der Waals surface area contributed by atoms with E-state index in [-0.39, 0.29) is 0 Å². The van der Waals surface area contributed by atoms with Gasteiger partial charge in [-0.15, -0.1) is 0 Å². The molecule has 1 aliphatic heterocycles. The van der Waals surface area contributed by atoms with E-state index < -0.39 is 0 Å². The van der Waals surface area contributed by atoms with Crippen molar-refractivity contribution in [2.24, 2.45) is 0 Å². The van der Waals surface area contributed by atoms with Crippen LogP contribution in [-0.4, -0.2) is 39.5 Å². The predicted molar refractivity (Wildman–Crippen MR) is 91.0 cm³/mol. The number of piperidine rings is 1. The summed E-state index contributed by atoms with van der Waals surface area (Å²) in [5.74, 6) is 2.35. The molecular weight excluding hydrogens is 288 g/mol. The van der Waals surface area contributed by atoms with E-state index in [1.807, 2.05) is 13.1 Å². The van der Waals surface area contributed by atoms with Crippen molar-refractivity contribution >= 4 is 17.2 Å². The van der Waals surface area contributed by atoms with Gasteiger partial charge in [-0.2, -0.15) is 0 Å². The molecule has 3 aromatic rings. The average Bonchev–Trinajstić information content (AvgIpc) is 3.10. The molecule has 3 aromatic heterocycles. The lowest BCUT2D eigenvalue weighted by Gasteiger charge is -2.33. The third kappa shape index (κ3) is 2.60. The number of nitrogens with zero attached hydrogens (tertiary/aromatic N) is 5. The smallest absolute Gasteiger partial charge is 0.150 e. The molecule has 0 radical (unpaired) electrons. The first-order chi connectivity index (χ1) is 11.3. The minimum atomic E-state index is 0.414. The number of hydrogen-bond donors (Lipinski definition) is 1. The molecule has 0 saturated carbocycles. The van der Waals surface area contributed by atoms with Crippen LogP contribution < -0.4 is 10.2 Å². The Bertz CT molecular complexity index is 797. The summed E-state index contributed by atoms with van der Waals surface area (Å²) in [4.78, 5) is 15.6. The number of nitrogens with one attached hydrogen (secondary N) is 1. The van der Waals surface area contributed by atoms with Crippen molar-refractivity contribution in [3.05, 3.63) is 48.8 Å². The third-order valence-electron chi connectivity index (χ3n) is 4.50. The molecule has 0 aliphatic carbocycles. The van der Waals surface area contributed by atoms with Crippen LogP contribution in [-0.2, 0) is 0 Å². The van der Waals surface area contributed by atoms with Crippen molar-refractivity contribution in [1.82, 2.24) is 19.4 Å². The highest BCUT2D eigenvalue weighted by atomic mass is 15.2. The molecule has 6 heteroatoms. The quantitative estimate of drug-likeness (QED) is 0.806. The van der Waals surface area contributed by atoms with Gasteiger partial charge in [-0.05, 0) is 31.0 Å². The van der Waals surface area contributed by atoms with Gasteiger partial charge in [0.25, 0.3) is 0 Å². The van der Waals surface area contributed by atoms with E-state index >= 15 is 0 Å². The lowest BCUT2D eigenvalue weighted by atomic mass is 9.95. The van der Waals surface area contributed by atoms with Gasteiger partial charge in [0.1, 0.15) is 18.0 Å². The van der Waals surface area contributed by atoms with Crippen LogP contribution in [0.1, 0.15) is 24.5 Å². The molecule has 4 rings (SSSR count). The molecule has 1 atom stereocenters. The zero-order chi connectivity index (χ0) is 15.6. The molecule has 1 aliphatic rings. The van der Waals surface area contributed by atoms with E-state index in [1.165, 1.54) is 0 Å². The Hall–Kier alpha value is -2.63. The van der Waals surface area contributed by atoms with Gasteiger partial charge in [0, 0.05) is 44.6 Å². The van der Waals surface area contributed by atoms with E-state index in [4.69, 9.17) is 4.98 Å². The van der Waals surface area contributed by atoms with Gasteiger partial charge < -0.3 is 14.6 Å². The number of aromatic nitrogens is 4. The maximum absolute atomic E-state index is 4.85. The second-order valence-corrected chi connectivity index (χ2v) is 5.92. The molecule has 1 fully saturated rings. The predicted octanol–water partition coefficient (Wildman–Crippen LogP) is 2.55. The van der Waals surface area contributed by atoms with Crippen LogP contribution in [0.3, 0.4) is 0 Å². The molecule has 0 amide bonds. The van der Waals surface area contributed by atoms with Gasteiger partial charge in [-0.25, -0.2) is 15.0 Å². The molecule has 0 bridgehead atoms. The van der Waals surface area contributed by atoms with Crippen LogP contribution in [0.5, 0.6) is 0 Å². The van der Waals surface area contributed by atoms with Gasteiger partial charge in [0.2, 0.25) is 0 Å². The van der Waals surface area contributed by atoms with E-state index in [2.05, 4.69) is 49.1 Å². The van der Waals surface area contributed by atoms with Crippen molar-refractivity contribution in [1.29, 1.82) is 0 Å². The summed E-state index contributed by atoms with van der Waals surface area (Å²) in [7, 11) is 1.92. The van der Waals surface area contributed by atoms with Gasteiger partial charge >= 0.3 is 0 Å². The summed E-state index contributed by atoms with van der Waals surface area (Å²) < 4.78 is 2.15. The topological polar surface area (TPSA) is 58.4 Å². The third-order valence-corrected chi connectivity index (χ3v) is 4.50. The molecule has 118 valence electrons. The van der Waals surface area contributed by atoms with E-state index in [9.17, 15) is 0 Å². The zero-order valence-electron chi connectivity index (χ0n) is 13.2. The first kappa shape index (κ1) is 14.0. The number of hydrogen-bond acceptors (Lipinski definition) is 5. The fourth-order valence-corrected chi connectivity index (χ4v) is 3.34. The Morgan fingerprint density at radius 1 is 1.30 bits per heavy atom. The largest absolute Gasteiger partial charge is 0.371 e. The van der Waals surface area contributed by atoms with Crippen molar-refractivity contribution < 1.29 is 0 Å². The summed E-state index contributed by atoms with van der Waals surface area (Å²) in [6.45, 7) is 1.98. The van der Waals surface area contributed by atoms with E-state index in [0.29, 0.717) is 5.92 Å². The van der Waals surface area contributed by atoms with Gasteiger partial charge in [-0.1, -0.05) is 0 Å². The molecule has 4 heterocycles. The van der Waals surface area contributed by atoms with Crippen molar-refractivity contribution in [2.75, 3.05) is 30.4 Å². The maximum atomic E-state index is 4.85. The highest BCUT2D eigenvalue weighted by Gasteiger charge is 2.24. The van der Waals surface area contributed by atoms with Crippen LogP contribution in [0.4, 0.5) is 11.6 Å². The minimum absolute atomic E-state index is 0.414.